The van der Waals surface area contributed by atoms with Crippen molar-refractivity contribution in [1.29, 1.82) is 0 Å². The van der Waals surface area contributed by atoms with Crippen LogP contribution in [-0.2, 0) is 9.84 Å². The largest absolute Gasteiger partial charge is 0.323 e. The van der Waals surface area contributed by atoms with Crippen LogP contribution in [0.25, 0.3) is 0 Å². The predicted octanol–water partition coefficient (Wildman–Crippen LogP) is 1.04. The lowest BCUT2D eigenvalue weighted by atomic mass is 10.2. The highest BCUT2D eigenvalue weighted by Gasteiger charge is 2.12. The van der Waals surface area contributed by atoms with E-state index in [1.807, 2.05) is 0 Å². The molecular formula is C8H9ClN2O2S. The van der Waals surface area contributed by atoms with Gasteiger partial charge in [-0.15, -0.1) is 0 Å². The first kappa shape index (κ1) is 11.0. The number of nitrogens with two attached hydrogens (primary N) is 1. The van der Waals surface area contributed by atoms with E-state index in [0.29, 0.717) is 10.6 Å². The van der Waals surface area contributed by atoms with Crippen LogP contribution in [0.4, 0.5) is 0 Å². The van der Waals surface area contributed by atoms with E-state index < -0.39 is 9.84 Å². The van der Waals surface area contributed by atoms with E-state index in [9.17, 15) is 8.42 Å². The van der Waals surface area contributed by atoms with Gasteiger partial charge in [0.2, 0.25) is 0 Å². The molecule has 4 nitrogen and oxygen atoms in total. The predicted molar refractivity (Wildman–Crippen MR) is 56.3 cm³/mol. The van der Waals surface area contributed by atoms with Crippen molar-refractivity contribution in [3.05, 3.63) is 28.8 Å². The molecule has 0 atom stereocenters. The molecule has 6 heteroatoms. The van der Waals surface area contributed by atoms with Crippen LogP contribution in [0, 0.1) is 0 Å². The molecule has 0 aliphatic rings. The minimum Gasteiger partial charge on any atom is -0.323 e. The van der Waals surface area contributed by atoms with Crippen molar-refractivity contribution >= 4 is 27.7 Å². The van der Waals surface area contributed by atoms with Crippen LogP contribution in [0.5, 0.6) is 0 Å². The molecule has 1 aromatic rings. The van der Waals surface area contributed by atoms with Gasteiger partial charge in [-0.25, -0.2) is 8.42 Å². The second-order valence-corrected chi connectivity index (χ2v) is 5.15. The van der Waals surface area contributed by atoms with Crippen LogP contribution in [-0.4, -0.2) is 20.9 Å². The summed E-state index contributed by atoms with van der Waals surface area (Å²) in [6.07, 6.45) is 2.37. The second-order valence-electron chi connectivity index (χ2n) is 2.73. The van der Waals surface area contributed by atoms with Crippen LogP contribution in [0.2, 0.25) is 5.02 Å². The summed E-state index contributed by atoms with van der Waals surface area (Å²) >= 11 is 5.68. The van der Waals surface area contributed by atoms with E-state index >= 15 is 0 Å². The zero-order chi connectivity index (χ0) is 10.8. The SMILES string of the molecule is CS(=O)(=O)c1cc(Cl)ccc1C=NN. The van der Waals surface area contributed by atoms with E-state index in [1.165, 1.54) is 12.3 Å². The first-order valence-corrected chi connectivity index (χ1v) is 5.95. The molecule has 0 heterocycles. The van der Waals surface area contributed by atoms with Crippen molar-refractivity contribution in [2.75, 3.05) is 6.26 Å². The lowest BCUT2D eigenvalue weighted by Crippen LogP contribution is -2.02. The fourth-order valence-corrected chi connectivity index (χ4v) is 2.14. The molecule has 76 valence electrons. The monoisotopic (exact) mass is 232 g/mol. The number of halogens is 1. The number of hydrogen-bond donors (Lipinski definition) is 1. The Hall–Kier alpha value is -1.07. The highest BCUT2D eigenvalue weighted by atomic mass is 35.5. The summed E-state index contributed by atoms with van der Waals surface area (Å²) in [6.45, 7) is 0. The highest BCUT2D eigenvalue weighted by Crippen LogP contribution is 2.19. The minimum absolute atomic E-state index is 0.124. The number of hydrazone groups is 1. The molecule has 0 bridgehead atoms. The Labute approximate surface area is 87.3 Å². The van der Waals surface area contributed by atoms with Gasteiger partial charge in [-0.2, -0.15) is 5.10 Å². The standard InChI is InChI=1S/C8H9ClN2O2S/c1-14(12,13)8-4-7(9)3-2-6(8)5-11-10/h2-5H,10H2,1H3. The molecular weight excluding hydrogens is 224 g/mol. The lowest BCUT2D eigenvalue weighted by molar-refractivity contribution is 0.602. The number of benzene rings is 1. The smallest absolute Gasteiger partial charge is 0.176 e. The molecule has 0 spiro atoms. The maximum absolute atomic E-state index is 11.3. The van der Waals surface area contributed by atoms with E-state index in [4.69, 9.17) is 17.4 Å². The van der Waals surface area contributed by atoms with E-state index in [-0.39, 0.29) is 4.90 Å². The highest BCUT2D eigenvalue weighted by molar-refractivity contribution is 7.90. The van der Waals surface area contributed by atoms with Crippen LogP contribution in [0.15, 0.2) is 28.2 Å². The van der Waals surface area contributed by atoms with Crippen molar-refractivity contribution in [3.8, 4) is 0 Å². The van der Waals surface area contributed by atoms with Gasteiger partial charge in [0, 0.05) is 16.8 Å². The molecule has 0 amide bonds. The summed E-state index contributed by atoms with van der Waals surface area (Å²) in [5, 5.41) is 3.64. The summed E-state index contributed by atoms with van der Waals surface area (Å²) in [5.74, 6) is 4.95. The third-order valence-corrected chi connectivity index (χ3v) is 2.98. The second kappa shape index (κ2) is 3.98. The van der Waals surface area contributed by atoms with Gasteiger partial charge in [0.15, 0.2) is 9.84 Å². The van der Waals surface area contributed by atoms with Crippen molar-refractivity contribution in [2.24, 2.45) is 10.9 Å². The number of nitrogens with zero attached hydrogens (tertiary/aromatic N) is 1. The van der Waals surface area contributed by atoms with Crippen molar-refractivity contribution in [1.82, 2.24) is 0 Å². The zero-order valence-electron chi connectivity index (χ0n) is 7.44. The molecule has 2 N–H and O–H groups in total. The fraction of sp³-hybridized carbons (Fsp3) is 0.125. The summed E-state index contributed by atoms with van der Waals surface area (Å²) < 4.78 is 22.6. The average Bonchev–Trinajstić information content (AvgIpc) is 2.07. The maximum Gasteiger partial charge on any atom is 0.176 e. The van der Waals surface area contributed by atoms with Crippen molar-refractivity contribution in [2.45, 2.75) is 4.90 Å². The topological polar surface area (TPSA) is 72.5 Å². The maximum atomic E-state index is 11.3. The molecule has 1 rings (SSSR count). The first-order chi connectivity index (χ1) is 6.45. The molecule has 0 saturated carbocycles. The Morgan fingerprint density at radius 1 is 1.50 bits per heavy atom. The van der Waals surface area contributed by atoms with Crippen LogP contribution >= 0.6 is 11.6 Å². The van der Waals surface area contributed by atoms with Gasteiger partial charge in [0.1, 0.15) is 0 Å². The zero-order valence-corrected chi connectivity index (χ0v) is 9.01. The molecule has 1 aromatic carbocycles. The summed E-state index contributed by atoms with van der Waals surface area (Å²) in [4.78, 5) is 0.124. The lowest BCUT2D eigenvalue weighted by Gasteiger charge is -2.03. The van der Waals surface area contributed by atoms with Crippen LogP contribution in [0.1, 0.15) is 5.56 Å². The molecule has 0 fully saturated rings. The average molecular weight is 233 g/mol. The van der Waals surface area contributed by atoms with Crippen molar-refractivity contribution < 1.29 is 8.42 Å². The summed E-state index contributed by atoms with van der Waals surface area (Å²) in [7, 11) is -3.31. The van der Waals surface area contributed by atoms with Gasteiger partial charge in [-0.1, -0.05) is 17.7 Å². The Balaban J connectivity index is 3.45. The minimum atomic E-state index is -3.31. The molecule has 0 saturated heterocycles. The molecule has 14 heavy (non-hydrogen) atoms. The first-order valence-electron chi connectivity index (χ1n) is 3.68. The van der Waals surface area contributed by atoms with Gasteiger partial charge >= 0.3 is 0 Å². The van der Waals surface area contributed by atoms with Crippen molar-refractivity contribution in [3.63, 3.8) is 0 Å². The van der Waals surface area contributed by atoms with Crippen LogP contribution in [0.3, 0.4) is 0 Å². The number of sulfone groups is 1. The Morgan fingerprint density at radius 2 is 2.14 bits per heavy atom. The quantitative estimate of drug-likeness (QED) is 0.470. The van der Waals surface area contributed by atoms with Gasteiger partial charge in [0.25, 0.3) is 0 Å². The fourth-order valence-electron chi connectivity index (χ4n) is 1.02. The third kappa shape index (κ3) is 2.46. The van der Waals surface area contributed by atoms with Gasteiger partial charge in [-0.3, -0.25) is 0 Å². The summed E-state index contributed by atoms with van der Waals surface area (Å²) in [5.41, 5.74) is 0.430. The molecule has 0 aliphatic heterocycles. The Bertz CT molecular complexity index is 468. The van der Waals surface area contributed by atoms with Crippen LogP contribution < -0.4 is 5.84 Å². The van der Waals surface area contributed by atoms with Gasteiger partial charge in [-0.05, 0) is 12.1 Å². The number of hydrogen-bond acceptors (Lipinski definition) is 4. The molecule has 0 aromatic heterocycles. The van der Waals surface area contributed by atoms with E-state index in [1.54, 1.807) is 12.1 Å². The van der Waals surface area contributed by atoms with Gasteiger partial charge < -0.3 is 5.84 Å². The summed E-state index contributed by atoms with van der Waals surface area (Å²) in [6, 6.07) is 4.50. The number of rotatable bonds is 2. The molecule has 0 radical (unpaired) electrons. The normalized spacial score (nSPS) is 12.1. The van der Waals surface area contributed by atoms with Gasteiger partial charge in [0.05, 0.1) is 11.1 Å². The third-order valence-electron chi connectivity index (χ3n) is 1.59. The molecule has 0 aliphatic carbocycles. The van der Waals surface area contributed by atoms with E-state index in [2.05, 4.69) is 5.10 Å². The molecule has 0 unspecified atom stereocenters. The Morgan fingerprint density at radius 3 is 2.64 bits per heavy atom. The van der Waals surface area contributed by atoms with E-state index in [0.717, 1.165) is 6.26 Å². The Kier molecular flexibility index (Phi) is 3.13.